The van der Waals surface area contributed by atoms with Crippen LogP contribution in [0.25, 0.3) is 10.9 Å². The van der Waals surface area contributed by atoms with E-state index in [2.05, 4.69) is 20.6 Å². The van der Waals surface area contributed by atoms with Crippen LogP contribution in [0.5, 0.6) is 11.5 Å². The van der Waals surface area contributed by atoms with Gasteiger partial charge in [0.2, 0.25) is 0 Å². The molecular weight excluding hydrogens is 482 g/mol. The van der Waals surface area contributed by atoms with E-state index in [-0.39, 0.29) is 29.4 Å². The smallest absolute Gasteiger partial charge is 0.263 e. The number of hydrogen-bond donors (Lipinski definition) is 2. The fourth-order valence-corrected chi connectivity index (χ4v) is 5.68. The Labute approximate surface area is 212 Å². The van der Waals surface area contributed by atoms with E-state index in [1.807, 2.05) is 12.1 Å². The van der Waals surface area contributed by atoms with Crippen LogP contribution < -0.4 is 20.1 Å². The van der Waals surface area contributed by atoms with Gasteiger partial charge in [-0.25, -0.2) is 13.8 Å². The number of carbonyl (C=O) groups excluding carboxylic acids is 1. The highest BCUT2D eigenvalue weighted by atomic mass is 19.1. The van der Waals surface area contributed by atoms with E-state index < -0.39 is 11.6 Å². The normalized spacial score (nSPS) is 24.5. The van der Waals surface area contributed by atoms with Crippen molar-refractivity contribution in [2.24, 2.45) is 0 Å². The van der Waals surface area contributed by atoms with E-state index in [4.69, 9.17) is 14.2 Å². The molecule has 1 saturated carbocycles. The summed E-state index contributed by atoms with van der Waals surface area (Å²) in [5.41, 5.74) is 1.29. The van der Waals surface area contributed by atoms with Crippen molar-refractivity contribution in [1.29, 1.82) is 0 Å². The van der Waals surface area contributed by atoms with Gasteiger partial charge in [0.05, 0.1) is 36.7 Å². The van der Waals surface area contributed by atoms with Crippen molar-refractivity contribution in [3.63, 3.8) is 0 Å². The summed E-state index contributed by atoms with van der Waals surface area (Å²) in [7, 11) is 1.39. The van der Waals surface area contributed by atoms with E-state index in [0.717, 1.165) is 37.6 Å². The lowest BCUT2D eigenvalue weighted by Gasteiger charge is -2.53. The Hall–Kier alpha value is -3.37. The van der Waals surface area contributed by atoms with Crippen molar-refractivity contribution in [2.75, 3.05) is 25.6 Å². The highest BCUT2D eigenvalue weighted by molar-refractivity contribution is 5.94. The zero-order valence-electron chi connectivity index (χ0n) is 20.5. The molecule has 1 aliphatic carbocycles. The molecule has 194 valence electrons. The van der Waals surface area contributed by atoms with Crippen LogP contribution in [0.1, 0.15) is 43.4 Å². The molecule has 2 saturated heterocycles. The number of methoxy groups -OCH3 is 1. The number of anilines is 1. The van der Waals surface area contributed by atoms with E-state index in [1.165, 1.54) is 19.2 Å². The standard InChI is InChI=1S/C27H28F2N4O4/c1-35-23-10-18-17(20(29)13-30-21(18)11-19(23)28)4-5-27-8-6-26(7-9-27,15-37-27)31-12-16-2-3-22-25(32-16)33-24(34)14-36-22/h2-3,10-11,13,31H,4-9,12,14-15H2,1H3,(H,32,33,34). The molecule has 3 aromatic rings. The summed E-state index contributed by atoms with van der Waals surface area (Å²) < 4.78 is 45.8. The minimum atomic E-state index is -0.519. The number of nitrogens with zero attached hydrogens (tertiary/aromatic N) is 2. The maximum absolute atomic E-state index is 14.8. The molecule has 2 N–H and O–H groups in total. The highest BCUT2D eigenvalue weighted by Gasteiger charge is 2.49. The molecule has 5 heterocycles. The van der Waals surface area contributed by atoms with E-state index in [1.54, 1.807) is 0 Å². The van der Waals surface area contributed by atoms with Crippen molar-refractivity contribution in [2.45, 2.75) is 56.2 Å². The molecule has 0 unspecified atom stereocenters. The van der Waals surface area contributed by atoms with Gasteiger partial charge in [0.15, 0.2) is 29.7 Å². The average Bonchev–Trinajstić information content (AvgIpc) is 2.92. The maximum atomic E-state index is 14.8. The Balaban J connectivity index is 1.11. The Morgan fingerprint density at radius 3 is 2.76 bits per heavy atom. The highest BCUT2D eigenvalue weighted by Crippen LogP contribution is 2.46. The van der Waals surface area contributed by atoms with Gasteiger partial charge in [0.25, 0.3) is 5.91 Å². The Morgan fingerprint density at radius 2 is 2.00 bits per heavy atom. The Morgan fingerprint density at radius 1 is 1.16 bits per heavy atom. The molecule has 0 radical (unpaired) electrons. The number of rotatable bonds is 7. The van der Waals surface area contributed by atoms with E-state index >= 15 is 0 Å². The van der Waals surface area contributed by atoms with Gasteiger partial charge in [-0.3, -0.25) is 9.78 Å². The molecule has 0 atom stereocenters. The largest absolute Gasteiger partial charge is 0.494 e. The van der Waals surface area contributed by atoms with Crippen LogP contribution in [0.2, 0.25) is 0 Å². The third-order valence-corrected chi connectivity index (χ3v) is 7.98. The van der Waals surface area contributed by atoms with Gasteiger partial charge in [-0.1, -0.05) is 0 Å². The molecule has 3 aliphatic heterocycles. The minimum Gasteiger partial charge on any atom is -0.494 e. The first-order valence-electron chi connectivity index (χ1n) is 12.5. The number of nitrogens with one attached hydrogen (secondary N) is 2. The first kappa shape index (κ1) is 24.0. The average molecular weight is 511 g/mol. The minimum absolute atomic E-state index is 0.00520. The summed E-state index contributed by atoms with van der Waals surface area (Å²) in [5.74, 6) is -0.0313. The van der Waals surface area contributed by atoms with Crippen LogP contribution in [0.4, 0.5) is 14.6 Å². The molecule has 7 rings (SSSR count). The van der Waals surface area contributed by atoms with Gasteiger partial charge in [0, 0.05) is 23.5 Å². The number of carbonyl (C=O) groups is 1. The van der Waals surface area contributed by atoms with Crippen LogP contribution >= 0.6 is 0 Å². The van der Waals surface area contributed by atoms with Crippen molar-refractivity contribution in [3.05, 3.63) is 53.4 Å². The molecule has 2 bridgehead atoms. The summed E-state index contributed by atoms with van der Waals surface area (Å²) in [6.45, 7) is 1.12. The summed E-state index contributed by atoms with van der Waals surface area (Å²) in [6, 6.07) is 6.53. The Bertz CT molecular complexity index is 1360. The number of amides is 1. The topological polar surface area (TPSA) is 94.6 Å². The molecule has 37 heavy (non-hydrogen) atoms. The zero-order chi connectivity index (χ0) is 25.6. The number of aryl methyl sites for hydroxylation is 1. The van der Waals surface area contributed by atoms with Crippen molar-refractivity contribution < 1.29 is 27.8 Å². The van der Waals surface area contributed by atoms with Crippen LogP contribution in [0.15, 0.2) is 30.5 Å². The molecular formula is C27H28F2N4O4. The quantitative estimate of drug-likeness (QED) is 0.495. The maximum Gasteiger partial charge on any atom is 0.263 e. The predicted octanol–water partition coefficient (Wildman–Crippen LogP) is 4.05. The van der Waals surface area contributed by atoms with Gasteiger partial charge in [-0.15, -0.1) is 0 Å². The van der Waals surface area contributed by atoms with E-state index in [0.29, 0.717) is 54.0 Å². The van der Waals surface area contributed by atoms with Gasteiger partial charge in [-0.2, -0.15) is 0 Å². The summed E-state index contributed by atoms with van der Waals surface area (Å²) in [6.07, 6.45) is 5.91. The van der Waals surface area contributed by atoms with E-state index in [9.17, 15) is 13.6 Å². The lowest BCUT2D eigenvalue weighted by Crippen LogP contribution is -2.61. The van der Waals surface area contributed by atoms with Gasteiger partial charge < -0.3 is 24.8 Å². The number of halogens is 2. The number of benzene rings is 1. The third kappa shape index (κ3) is 4.48. The molecule has 3 fully saturated rings. The second kappa shape index (κ2) is 9.18. The molecule has 4 aliphatic rings. The number of pyridine rings is 2. The lowest BCUT2D eigenvalue weighted by molar-refractivity contribution is -0.165. The SMILES string of the molecule is COc1cc2c(CCC34CCC(NCc5ccc6c(n5)NC(=O)CO6)(CC3)CO4)c(F)cnc2cc1F. The number of aromatic nitrogens is 2. The second-order valence-corrected chi connectivity index (χ2v) is 10.2. The summed E-state index contributed by atoms with van der Waals surface area (Å²) >= 11 is 0. The first-order chi connectivity index (χ1) is 17.9. The molecule has 1 amide bonds. The molecule has 0 spiro atoms. The monoisotopic (exact) mass is 510 g/mol. The summed E-state index contributed by atoms with van der Waals surface area (Å²) in [4.78, 5) is 20.2. The zero-order valence-corrected chi connectivity index (χ0v) is 20.5. The van der Waals surface area contributed by atoms with Crippen LogP contribution in [0, 0.1) is 11.6 Å². The van der Waals surface area contributed by atoms with Crippen LogP contribution in [0.3, 0.4) is 0 Å². The molecule has 1 aromatic carbocycles. The van der Waals surface area contributed by atoms with Crippen molar-refractivity contribution in [1.82, 2.24) is 15.3 Å². The predicted molar refractivity (Wildman–Crippen MR) is 132 cm³/mol. The number of ether oxygens (including phenoxy) is 3. The molecule has 10 heteroatoms. The first-order valence-corrected chi connectivity index (χ1v) is 12.5. The van der Waals surface area contributed by atoms with Crippen LogP contribution in [-0.2, 0) is 22.5 Å². The van der Waals surface area contributed by atoms with Crippen molar-refractivity contribution >= 4 is 22.6 Å². The van der Waals surface area contributed by atoms with Gasteiger partial charge >= 0.3 is 0 Å². The Kier molecular flexibility index (Phi) is 5.95. The van der Waals surface area contributed by atoms with Crippen molar-refractivity contribution in [3.8, 4) is 11.5 Å². The fraction of sp³-hybridized carbons (Fsp3) is 0.444. The fourth-order valence-electron chi connectivity index (χ4n) is 5.68. The number of hydrogen-bond acceptors (Lipinski definition) is 7. The second-order valence-electron chi connectivity index (χ2n) is 10.2. The molecule has 8 nitrogen and oxygen atoms in total. The summed E-state index contributed by atoms with van der Waals surface area (Å²) in [5, 5.41) is 6.95. The number of fused-ring (bicyclic) bond motifs is 5. The van der Waals surface area contributed by atoms with Gasteiger partial charge in [-0.05, 0) is 62.3 Å². The van der Waals surface area contributed by atoms with Crippen LogP contribution in [-0.4, -0.2) is 47.3 Å². The van der Waals surface area contributed by atoms with Gasteiger partial charge in [0.1, 0.15) is 5.82 Å². The third-order valence-electron chi connectivity index (χ3n) is 7.98. The molecule has 2 aromatic heterocycles. The lowest BCUT2D eigenvalue weighted by atomic mass is 9.69.